The zero-order valence-corrected chi connectivity index (χ0v) is 53.0. The predicted molar refractivity (Wildman–Crippen MR) is 311 cm³/mol. The molecule has 1 saturated carbocycles. The fraction of sp³-hybridized carbons (Fsp3) is 0.734. The molecule has 1 amide bonds. The van der Waals surface area contributed by atoms with Crippen LogP contribution < -0.4 is 10.5 Å². The lowest BCUT2D eigenvalue weighted by Crippen LogP contribution is -3.17. The normalized spacial score (nSPS) is 46.2. The average molecular weight is 1260 g/mol. The first-order valence-corrected chi connectivity index (χ1v) is 31.2. The summed E-state index contributed by atoms with van der Waals surface area (Å²) in [7, 11) is 1.17. The lowest BCUT2D eigenvalue weighted by molar-refractivity contribution is -1.09. The topological polar surface area (TPSA) is 348 Å². The number of amides is 1. The molecule has 5 heterocycles. The van der Waals surface area contributed by atoms with Crippen LogP contribution in [0.4, 0.5) is 4.79 Å². The molecule has 0 aromatic rings. The number of fused-ring (bicyclic) bond motifs is 4. The first-order valence-electron chi connectivity index (χ1n) is 31.2. The Bertz CT molecular complexity index is 2830. The van der Waals surface area contributed by atoms with Gasteiger partial charge in [0.05, 0.1) is 74.4 Å². The number of carbonyl (C=O) groups is 5. The third-order valence-corrected chi connectivity index (χ3v) is 20.4. The van der Waals surface area contributed by atoms with Gasteiger partial charge in [0.25, 0.3) is 0 Å². The van der Waals surface area contributed by atoms with Gasteiger partial charge in [0, 0.05) is 49.9 Å². The molecular formula is C64H92N2O23. The molecule has 8 N–H and O–H groups in total. The highest BCUT2D eigenvalue weighted by molar-refractivity contribution is 6.26. The predicted octanol–water partition coefficient (Wildman–Crippen LogP) is 3.86. The Hall–Kier alpha value is -4.81. The Labute approximate surface area is 518 Å². The Morgan fingerprint density at radius 3 is 2.03 bits per heavy atom. The fourth-order valence-corrected chi connectivity index (χ4v) is 15.9. The summed E-state index contributed by atoms with van der Waals surface area (Å²) in [5.41, 5.74) is -4.28. The third-order valence-electron chi connectivity index (χ3n) is 20.4. The van der Waals surface area contributed by atoms with E-state index in [-0.39, 0.29) is 56.1 Å². The van der Waals surface area contributed by atoms with Crippen LogP contribution in [0.5, 0.6) is 0 Å². The maximum Gasteiger partial charge on any atom is 0.407 e. The Kier molecular flexibility index (Phi) is 20.8. The number of rotatable bonds is 13. The van der Waals surface area contributed by atoms with Crippen molar-refractivity contribution in [2.75, 3.05) is 7.11 Å². The van der Waals surface area contributed by atoms with Crippen molar-refractivity contribution >= 4 is 29.6 Å². The van der Waals surface area contributed by atoms with Gasteiger partial charge in [-0.05, 0) is 103 Å². The van der Waals surface area contributed by atoms with E-state index >= 15 is 4.79 Å². The zero-order chi connectivity index (χ0) is 65.1. The molecule has 4 aliphatic carbocycles. The summed E-state index contributed by atoms with van der Waals surface area (Å²) in [6.07, 6.45) is -5.24. The number of nitrogens with one attached hydrogen (secondary N) is 2. The number of esters is 2. The number of aliphatic hydroxyl groups is 5. The summed E-state index contributed by atoms with van der Waals surface area (Å²) in [6, 6.07) is -1.03. The number of methoxy groups -OCH3 is 1. The van der Waals surface area contributed by atoms with Crippen LogP contribution in [-0.2, 0) is 71.3 Å². The van der Waals surface area contributed by atoms with Crippen molar-refractivity contribution in [2.45, 2.75) is 250 Å². The van der Waals surface area contributed by atoms with Crippen molar-refractivity contribution in [1.29, 1.82) is 0 Å². The first kappa shape index (κ1) is 68.6. The van der Waals surface area contributed by atoms with E-state index in [4.69, 9.17) is 52.1 Å². The maximum atomic E-state index is 15.8. The number of ether oxygens (including phenoxy) is 11. The van der Waals surface area contributed by atoms with E-state index in [1.54, 1.807) is 40.7 Å². The van der Waals surface area contributed by atoms with Gasteiger partial charge < -0.3 is 88.2 Å². The van der Waals surface area contributed by atoms with Gasteiger partial charge in [-0.15, -0.1) is 0 Å². The van der Waals surface area contributed by atoms with Crippen LogP contribution in [0.15, 0.2) is 70.6 Å². The molecule has 0 radical (unpaired) electrons. The highest BCUT2D eigenvalue weighted by Gasteiger charge is 2.65. The average Bonchev–Trinajstić information content (AvgIpc) is 1.69. The lowest BCUT2D eigenvalue weighted by atomic mass is 9.49. The summed E-state index contributed by atoms with van der Waals surface area (Å²) >= 11 is 0. The quantitative estimate of drug-likeness (QED) is 0.0324. The number of allylic oxidation sites excluding steroid dienone is 5. The van der Waals surface area contributed by atoms with Crippen LogP contribution in [0.25, 0.3) is 0 Å². The minimum absolute atomic E-state index is 0.0201. The molecule has 0 aromatic heterocycles. The van der Waals surface area contributed by atoms with E-state index in [1.807, 2.05) is 32.1 Å². The number of quaternary nitrogens is 1. The molecule has 6 fully saturated rings. The smallest absolute Gasteiger partial charge is 0.407 e. The monoisotopic (exact) mass is 1260 g/mol. The molecule has 9 aliphatic rings. The van der Waals surface area contributed by atoms with E-state index in [9.17, 15) is 55.1 Å². The highest BCUT2D eigenvalue weighted by Crippen LogP contribution is 2.61. The second-order valence-corrected chi connectivity index (χ2v) is 26.8. The van der Waals surface area contributed by atoms with Gasteiger partial charge in [-0.1, -0.05) is 62.8 Å². The number of hydroxylamine groups is 2. The molecular weight excluding hydrogens is 1160 g/mol. The van der Waals surface area contributed by atoms with Gasteiger partial charge in [-0.2, -0.15) is 0 Å². The van der Waals surface area contributed by atoms with Gasteiger partial charge in [0.2, 0.25) is 5.78 Å². The minimum atomic E-state index is -2.14. The number of carbonyl (C=O) groups excluding carboxylic acids is 5. The summed E-state index contributed by atoms with van der Waals surface area (Å²) < 4.78 is 68.6. The van der Waals surface area contributed by atoms with Crippen molar-refractivity contribution in [3.63, 3.8) is 0 Å². The molecule has 5 saturated heterocycles. The van der Waals surface area contributed by atoms with Gasteiger partial charge in [-0.25, -0.2) is 20.0 Å². The number of Topliss-reactive ketones (excluding diaryl/α,β-unsaturated/α-hetero) is 1. The van der Waals surface area contributed by atoms with Gasteiger partial charge >= 0.3 is 18.0 Å². The lowest BCUT2D eigenvalue weighted by Gasteiger charge is -2.56. The Morgan fingerprint density at radius 2 is 1.39 bits per heavy atom. The van der Waals surface area contributed by atoms with Crippen LogP contribution in [-0.4, -0.2) is 189 Å². The Balaban J connectivity index is 1.05. The van der Waals surface area contributed by atoms with Crippen molar-refractivity contribution in [1.82, 2.24) is 5.32 Å². The number of aliphatic hydroxyl groups excluding tert-OH is 5. The summed E-state index contributed by atoms with van der Waals surface area (Å²) in [5.74, 6) is -6.76. The third kappa shape index (κ3) is 13.5. The number of alkyl carbamates (subject to hydrolysis) is 1. The van der Waals surface area contributed by atoms with Gasteiger partial charge in [0.15, 0.2) is 48.2 Å². The summed E-state index contributed by atoms with van der Waals surface area (Å²) in [6.45, 7) is 20.3. The van der Waals surface area contributed by atoms with Crippen LogP contribution >= 0.6 is 0 Å². The maximum absolute atomic E-state index is 15.8. The molecule has 9 rings (SSSR count). The van der Waals surface area contributed by atoms with Crippen LogP contribution in [0.3, 0.4) is 0 Å². The SMILES string of the molecule is COC(=O)N[C@H]1[C@@H](C)O[C@@H](O[C@H]2C/C=C(\C)[C@@H]3C=C[C@@H]4[C@@H](O[C@H]5C[C@@H](O[C@H]6C[C@@H](O)[C@@H](O[C@@H]7C[C@@H](O)[C@@H](O)[C@H](C)O7)[C@H](C)O6)[C@@H](OC(C)=O)[C@H](C)O5)[C@@H](C)C[C@H](C)[C@H]4[C@]3(C)C(O)=C3C(=O)O[C@]4(CC(/C=C/C(C)=O)=C[C@H](O)[C@H]4C=C2C)C3=O)C[C@]1(C)[NH+]([O-])O. The van der Waals surface area contributed by atoms with E-state index in [1.165, 1.54) is 46.1 Å². The molecule has 496 valence electrons. The molecule has 1 spiro atoms. The van der Waals surface area contributed by atoms with E-state index < -0.39 is 191 Å². The van der Waals surface area contributed by atoms with Gasteiger partial charge in [-0.3, -0.25) is 14.4 Å². The first-order chi connectivity index (χ1) is 41.8. The highest BCUT2D eigenvalue weighted by atomic mass is 16.8. The molecule has 2 bridgehead atoms. The molecule has 25 heteroatoms. The second kappa shape index (κ2) is 27.0. The molecule has 5 aliphatic heterocycles. The van der Waals surface area contributed by atoms with Gasteiger partial charge in [0.1, 0.15) is 35.7 Å². The van der Waals surface area contributed by atoms with E-state index in [0.717, 1.165) is 5.57 Å². The number of hydrogen-bond donors (Lipinski definition) is 8. The van der Waals surface area contributed by atoms with Crippen LogP contribution in [0, 0.1) is 46.1 Å². The van der Waals surface area contributed by atoms with Crippen molar-refractivity contribution in [3.05, 3.63) is 75.8 Å². The fourth-order valence-electron chi connectivity index (χ4n) is 15.9. The van der Waals surface area contributed by atoms with E-state index in [2.05, 4.69) is 19.2 Å². The minimum Gasteiger partial charge on any atom is -0.600 e. The second-order valence-electron chi connectivity index (χ2n) is 26.8. The van der Waals surface area contributed by atoms with Crippen LogP contribution in [0.1, 0.15) is 128 Å². The molecule has 0 aromatic carbocycles. The molecule has 28 atom stereocenters. The molecule has 89 heavy (non-hydrogen) atoms. The van der Waals surface area contributed by atoms with Crippen molar-refractivity contribution in [2.24, 2.45) is 40.9 Å². The largest absolute Gasteiger partial charge is 0.600 e. The Morgan fingerprint density at radius 1 is 0.764 bits per heavy atom. The standard InChI is InChI=1S/C64H92N2O23/c1-28-14-19-45(85-50-27-62(11,66(77)78)57(36(9)83-50)65-61(76)79-13)29(2)21-41-42(69)22-38(16-15-32(5)67)26-64(41)59(74)51(60(75)89-64)58(73)63(12)40(28)18-17-39-52(63)30(3)20-31(4)54(39)87-49-25-46(56(35(8)82-49)84-37(10)68)86-47-24-44(71)55(34(7)81-47)88-48-23-43(70)53(72)33(6)80-48/h14-18,21-22,30-31,33-36,39-50,52-57,66,69-73,77H,19-20,23-27H2,1-13H3,(H,65,76)/b16-15+,28-14+,29-21?,58-51?/t30-,31-,33-,34-,35-,36+,39-,40-,41+,42-,43+,44+,45-,46+,47-,48+,49-,50-,52+,53-,54-,55-,56-,57-,62-,63+,64-/m0/s1. The van der Waals surface area contributed by atoms with Crippen LogP contribution in [0.2, 0.25) is 0 Å². The number of hydrogen-bond acceptors (Lipinski definition) is 23. The summed E-state index contributed by atoms with van der Waals surface area (Å²) in [4.78, 5) is 68.1. The zero-order valence-electron chi connectivity index (χ0n) is 53.0. The van der Waals surface area contributed by atoms with Crippen molar-refractivity contribution in [3.8, 4) is 0 Å². The molecule has 1 unspecified atom stereocenters. The van der Waals surface area contributed by atoms with Crippen molar-refractivity contribution < 1.29 is 112 Å². The molecule has 25 nitrogen and oxygen atoms in total. The van der Waals surface area contributed by atoms with E-state index in [0.29, 0.717) is 17.6 Å². The summed E-state index contributed by atoms with van der Waals surface area (Å²) in [5, 5.41) is 82.8. The number of ketones is 2.